The summed E-state index contributed by atoms with van der Waals surface area (Å²) in [7, 11) is -9.94. The van der Waals surface area contributed by atoms with Crippen molar-refractivity contribution in [3.05, 3.63) is 48.6 Å². The molecule has 19 heteroatoms. The zero-order valence-corrected chi connectivity index (χ0v) is 65.4. The maximum atomic E-state index is 13.1. The van der Waals surface area contributed by atoms with Gasteiger partial charge in [0.15, 0.2) is 12.2 Å². The smallest absolute Gasteiger partial charge is 0.462 e. The summed E-state index contributed by atoms with van der Waals surface area (Å²) in [5.41, 5.74) is 0. The van der Waals surface area contributed by atoms with Gasteiger partial charge in [-0.05, 0) is 83.0 Å². The highest BCUT2D eigenvalue weighted by molar-refractivity contribution is 7.47. The van der Waals surface area contributed by atoms with Gasteiger partial charge in [0.2, 0.25) is 0 Å². The molecule has 0 amide bonds. The fourth-order valence-electron chi connectivity index (χ4n) is 11.3. The molecule has 0 aliphatic rings. The Kier molecular flexibility index (Phi) is 69.8. The molecule has 5 atom stereocenters. The Balaban J connectivity index is 5.33. The lowest BCUT2D eigenvalue weighted by Crippen LogP contribution is -2.30. The monoisotopic (exact) mass is 1440 g/mol. The van der Waals surface area contributed by atoms with Gasteiger partial charge in [-0.3, -0.25) is 37.3 Å². The number of phosphoric ester groups is 2. The highest BCUT2D eigenvalue weighted by atomic mass is 31.2. The van der Waals surface area contributed by atoms with Crippen LogP contribution in [0, 0.1) is 5.92 Å². The second-order valence-corrected chi connectivity index (χ2v) is 30.8. The van der Waals surface area contributed by atoms with E-state index >= 15 is 0 Å². The van der Waals surface area contributed by atoms with E-state index in [9.17, 15) is 43.2 Å². The quantitative estimate of drug-likeness (QED) is 0.0169. The van der Waals surface area contributed by atoms with Gasteiger partial charge in [0.25, 0.3) is 0 Å². The summed E-state index contributed by atoms with van der Waals surface area (Å²) < 4.78 is 68.6. The van der Waals surface area contributed by atoms with E-state index in [1.165, 1.54) is 167 Å². The molecular weight excluding hydrogens is 1290 g/mol. The maximum absolute atomic E-state index is 13.1. The first-order chi connectivity index (χ1) is 48.0. The summed E-state index contributed by atoms with van der Waals surface area (Å²) in [6, 6.07) is 0. The highest BCUT2D eigenvalue weighted by Gasteiger charge is 2.30. The predicted octanol–water partition coefficient (Wildman–Crippen LogP) is 23.1. The third-order valence-corrected chi connectivity index (χ3v) is 19.4. The Morgan fingerprint density at radius 3 is 0.828 bits per heavy atom. The van der Waals surface area contributed by atoms with Crippen molar-refractivity contribution in [1.29, 1.82) is 0 Å². The minimum atomic E-state index is -4.97. The van der Waals surface area contributed by atoms with E-state index in [1.807, 2.05) is 0 Å². The van der Waals surface area contributed by atoms with Crippen LogP contribution in [0.5, 0.6) is 0 Å². The van der Waals surface area contributed by atoms with Crippen molar-refractivity contribution in [2.45, 2.75) is 393 Å². The van der Waals surface area contributed by atoms with E-state index in [0.29, 0.717) is 25.7 Å². The fraction of sp³-hybridized carbons (Fsp3) is 0.850. The summed E-state index contributed by atoms with van der Waals surface area (Å²) in [4.78, 5) is 73.0. The number of carbonyl (C=O) groups excluding carboxylic acids is 4. The molecule has 0 aromatic carbocycles. The standard InChI is InChI=1S/C80H148O17P2/c1-6-9-12-15-18-21-24-27-30-31-34-37-40-45-51-56-61-66-80(85)96-75(69-90-77(82)63-58-53-48-43-38-35-32-28-25-22-19-16-13-10-7-2)71-94-98(86,87)92-67-74(81)68-93-99(88,89)95-72-76(70-91-78(83)64-59-54-49-46-41-42-47-52-57-62-73(4)5)97-79(84)65-60-55-50-44-39-36-33-29-26-23-20-17-14-11-8-3/h22-23,25-26,28-29,32-33,73-76,81H,6-21,24,27,30-31,34-72H2,1-5H3,(H,86,87)(H,88,89)/b25-22-,26-23-,32-28-,33-29-/t74-,75-,76-/m1/s1. The SMILES string of the molecule is CCCCCC/C=C\C=C/CCCCCCCC(=O)OC[C@H](COP(=O)(O)OC[C@@H](O)COP(=O)(O)OC[C@@H](COC(=O)CCCCCCCCCCCC(C)C)OC(=O)CCCCCCC/C=C\C=C/CCCCCC)OC(=O)CCCCCCCCCCCCCCCCCCC. The Morgan fingerprint density at radius 2 is 0.545 bits per heavy atom. The normalized spacial score (nSPS) is 14.2. The number of hydrogen-bond donors (Lipinski definition) is 3. The van der Waals surface area contributed by atoms with Gasteiger partial charge in [-0.2, -0.15) is 0 Å². The number of ether oxygens (including phenoxy) is 4. The molecule has 0 radical (unpaired) electrons. The summed E-state index contributed by atoms with van der Waals surface area (Å²) in [5.74, 6) is -1.43. The van der Waals surface area contributed by atoms with Gasteiger partial charge in [-0.15, -0.1) is 0 Å². The average Bonchev–Trinajstić information content (AvgIpc) is 1.17. The van der Waals surface area contributed by atoms with E-state index in [2.05, 4.69) is 83.2 Å². The van der Waals surface area contributed by atoms with Crippen molar-refractivity contribution >= 4 is 39.5 Å². The van der Waals surface area contributed by atoms with Crippen LogP contribution in [0.4, 0.5) is 0 Å². The molecule has 0 bridgehead atoms. The molecule has 3 N–H and O–H groups in total. The van der Waals surface area contributed by atoms with Crippen LogP contribution in [0.15, 0.2) is 48.6 Å². The molecule has 0 fully saturated rings. The first-order valence-corrected chi connectivity index (χ1v) is 43.3. The molecule has 2 unspecified atom stereocenters. The summed E-state index contributed by atoms with van der Waals surface area (Å²) >= 11 is 0. The van der Waals surface area contributed by atoms with Gasteiger partial charge in [-0.1, -0.05) is 321 Å². The van der Waals surface area contributed by atoms with E-state index in [4.69, 9.17) is 37.0 Å². The van der Waals surface area contributed by atoms with Gasteiger partial charge in [0.05, 0.1) is 26.4 Å². The summed E-state index contributed by atoms with van der Waals surface area (Å²) in [6.07, 6.45) is 68.1. The molecule has 0 aliphatic heterocycles. The zero-order chi connectivity index (χ0) is 72.7. The van der Waals surface area contributed by atoms with E-state index in [-0.39, 0.29) is 25.7 Å². The maximum Gasteiger partial charge on any atom is 0.472 e. The number of esters is 4. The molecule has 17 nitrogen and oxygen atoms in total. The van der Waals surface area contributed by atoms with Crippen molar-refractivity contribution in [3.8, 4) is 0 Å². The largest absolute Gasteiger partial charge is 0.472 e. The van der Waals surface area contributed by atoms with Gasteiger partial charge in [0, 0.05) is 25.7 Å². The molecule has 580 valence electrons. The Bertz CT molecular complexity index is 2080. The topological polar surface area (TPSA) is 237 Å². The minimum absolute atomic E-state index is 0.0826. The molecule has 0 aliphatic carbocycles. The van der Waals surface area contributed by atoms with Crippen molar-refractivity contribution in [3.63, 3.8) is 0 Å². The first kappa shape index (κ1) is 96.0. The second-order valence-electron chi connectivity index (χ2n) is 27.9. The number of carbonyl (C=O) groups is 4. The number of hydrogen-bond acceptors (Lipinski definition) is 15. The first-order valence-electron chi connectivity index (χ1n) is 40.3. The van der Waals surface area contributed by atoms with Crippen LogP contribution in [0.1, 0.15) is 375 Å². The molecule has 0 spiro atoms. The van der Waals surface area contributed by atoms with Crippen molar-refractivity contribution < 1.29 is 80.2 Å². The number of unbranched alkanes of at least 4 members (excludes halogenated alkanes) is 42. The molecule has 0 aromatic heterocycles. The minimum Gasteiger partial charge on any atom is -0.462 e. The van der Waals surface area contributed by atoms with E-state index < -0.39 is 97.5 Å². The van der Waals surface area contributed by atoms with Crippen molar-refractivity contribution in [2.75, 3.05) is 39.6 Å². The van der Waals surface area contributed by atoms with Gasteiger partial charge in [-0.25, -0.2) is 9.13 Å². The zero-order valence-electron chi connectivity index (χ0n) is 63.6. The van der Waals surface area contributed by atoms with Crippen molar-refractivity contribution in [1.82, 2.24) is 0 Å². The summed E-state index contributed by atoms with van der Waals surface area (Å²) in [5, 5.41) is 10.6. The number of aliphatic hydroxyl groups is 1. The number of aliphatic hydroxyl groups excluding tert-OH is 1. The Labute approximate surface area is 604 Å². The van der Waals surface area contributed by atoms with Crippen LogP contribution in [-0.4, -0.2) is 96.7 Å². The Morgan fingerprint density at radius 1 is 0.313 bits per heavy atom. The average molecular weight is 1440 g/mol. The molecule has 0 rings (SSSR count). The lowest BCUT2D eigenvalue weighted by molar-refractivity contribution is -0.161. The predicted molar refractivity (Wildman–Crippen MR) is 404 cm³/mol. The van der Waals surface area contributed by atoms with Crippen molar-refractivity contribution in [2.24, 2.45) is 5.92 Å². The molecule has 0 aromatic rings. The van der Waals surface area contributed by atoms with Gasteiger partial charge < -0.3 is 33.8 Å². The van der Waals surface area contributed by atoms with Gasteiger partial charge in [0.1, 0.15) is 19.3 Å². The number of allylic oxidation sites excluding steroid dienone is 8. The number of phosphoric acid groups is 2. The van der Waals surface area contributed by atoms with Crippen LogP contribution >= 0.6 is 15.6 Å². The third kappa shape index (κ3) is 73.1. The molecule has 99 heavy (non-hydrogen) atoms. The van der Waals surface area contributed by atoms with E-state index in [1.54, 1.807) is 0 Å². The second kappa shape index (κ2) is 72.0. The third-order valence-electron chi connectivity index (χ3n) is 17.5. The van der Waals surface area contributed by atoms with E-state index in [0.717, 1.165) is 128 Å². The Hall–Kier alpha value is -2.98. The lowest BCUT2D eigenvalue weighted by atomic mass is 10.0. The lowest BCUT2D eigenvalue weighted by Gasteiger charge is -2.21. The van der Waals surface area contributed by atoms with Crippen LogP contribution in [-0.2, 0) is 65.4 Å². The highest BCUT2D eigenvalue weighted by Crippen LogP contribution is 2.45. The van der Waals surface area contributed by atoms with Crippen LogP contribution in [0.3, 0.4) is 0 Å². The van der Waals surface area contributed by atoms with Crippen LogP contribution < -0.4 is 0 Å². The van der Waals surface area contributed by atoms with Gasteiger partial charge >= 0.3 is 39.5 Å². The van der Waals surface area contributed by atoms with Crippen LogP contribution in [0.25, 0.3) is 0 Å². The molecule has 0 saturated carbocycles. The fourth-order valence-corrected chi connectivity index (χ4v) is 12.9. The number of rotatable bonds is 76. The molecular formula is C80H148O17P2. The molecule has 0 heterocycles. The van der Waals surface area contributed by atoms with Crippen LogP contribution in [0.2, 0.25) is 0 Å². The molecule has 0 saturated heterocycles. The summed E-state index contributed by atoms with van der Waals surface area (Å²) in [6.45, 7) is 7.17.